The van der Waals surface area contributed by atoms with Gasteiger partial charge < -0.3 is 4.52 Å². The third-order valence-corrected chi connectivity index (χ3v) is 4.82. The van der Waals surface area contributed by atoms with Gasteiger partial charge >= 0.3 is 0 Å². The minimum absolute atomic E-state index is 0.253. The number of hydrogen-bond donors (Lipinski definition) is 0. The summed E-state index contributed by atoms with van der Waals surface area (Å²) in [6, 6.07) is 13.1. The molecule has 0 saturated heterocycles. The molecule has 1 aliphatic rings. The summed E-state index contributed by atoms with van der Waals surface area (Å²) in [5.74, 6) is 1.79. The molecular formula is C17H11Cl3N2O. The molecular weight excluding hydrogens is 355 g/mol. The van der Waals surface area contributed by atoms with E-state index in [4.69, 9.17) is 39.3 Å². The summed E-state index contributed by atoms with van der Waals surface area (Å²) in [5, 5.41) is 5.87. The Labute approximate surface area is 148 Å². The lowest BCUT2D eigenvalue weighted by molar-refractivity contribution is 0.378. The zero-order valence-electron chi connectivity index (χ0n) is 11.8. The fraction of sp³-hybridized carbons (Fsp3) is 0.176. The molecule has 0 radical (unpaired) electrons. The number of nitrogens with zero attached hydrogens (tertiary/aromatic N) is 2. The summed E-state index contributed by atoms with van der Waals surface area (Å²) in [7, 11) is 0. The van der Waals surface area contributed by atoms with Crippen LogP contribution in [0.1, 0.15) is 29.7 Å². The fourth-order valence-electron chi connectivity index (χ4n) is 2.71. The van der Waals surface area contributed by atoms with Gasteiger partial charge in [-0.15, -0.1) is 0 Å². The summed E-state index contributed by atoms with van der Waals surface area (Å²) in [6.45, 7) is 0. The monoisotopic (exact) mass is 364 g/mol. The molecule has 2 aromatic carbocycles. The maximum absolute atomic E-state index is 6.19. The molecule has 1 fully saturated rings. The Morgan fingerprint density at radius 3 is 2.39 bits per heavy atom. The Balaban J connectivity index is 1.56. The number of benzene rings is 2. The summed E-state index contributed by atoms with van der Waals surface area (Å²) in [5.41, 5.74) is 1.96. The Morgan fingerprint density at radius 1 is 0.913 bits per heavy atom. The summed E-state index contributed by atoms with van der Waals surface area (Å²) < 4.78 is 5.42. The van der Waals surface area contributed by atoms with Crippen molar-refractivity contribution in [1.29, 1.82) is 0 Å². The molecule has 2 unspecified atom stereocenters. The standard InChI is InChI=1S/C17H11Cl3N2O/c18-10-3-1-9(2-4-10)13-8-14(13)17-21-16(22-23-17)12-6-5-11(19)7-15(12)20/h1-7,13-14H,8H2. The Morgan fingerprint density at radius 2 is 1.65 bits per heavy atom. The predicted molar refractivity (Wildman–Crippen MR) is 91.3 cm³/mol. The second kappa shape index (κ2) is 5.82. The van der Waals surface area contributed by atoms with Crippen LogP contribution in [0, 0.1) is 0 Å². The molecule has 3 aromatic rings. The molecule has 0 amide bonds. The van der Waals surface area contributed by atoms with Crippen LogP contribution in [0.15, 0.2) is 47.0 Å². The summed E-state index contributed by atoms with van der Waals surface area (Å²) in [6.07, 6.45) is 0.998. The molecule has 23 heavy (non-hydrogen) atoms. The number of hydrogen-bond acceptors (Lipinski definition) is 3. The lowest BCUT2D eigenvalue weighted by Crippen LogP contribution is -1.86. The third kappa shape index (κ3) is 2.97. The first-order valence-corrected chi connectivity index (χ1v) is 8.29. The fourth-order valence-corrected chi connectivity index (χ4v) is 3.33. The number of rotatable bonds is 3. The van der Waals surface area contributed by atoms with Crippen LogP contribution in [0.5, 0.6) is 0 Å². The SMILES string of the molecule is Clc1ccc(C2CC2c2nc(-c3ccc(Cl)cc3Cl)no2)cc1. The summed E-state index contributed by atoms with van der Waals surface area (Å²) >= 11 is 18.0. The highest BCUT2D eigenvalue weighted by molar-refractivity contribution is 6.36. The van der Waals surface area contributed by atoms with Crippen molar-refractivity contribution in [3.05, 3.63) is 69.0 Å². The first-order chi connectivity index (χ1) is 11.1. The zero-order chi connectivity index (χ0) is 16.0. The Bertz CT molecular complexity index is 861. The van der Waals surface area contributed by atoms with Crippen LogP contribution >= 0.6 is 34.8 Å². The average molecular weight is 366 g/mol. The first kappa shape index (κ1) is 15.0. The van der Waals surface area contributed by atoms with Crippen LogP contribution in [0.3, 0.4) is 0 Å². The van der Waals surface area contributed by atoms with Crippen LogP contribution in [0.4, 0.5) is 0 Å². The second-order valence-corrected chi connectivity index (χ2v) is 6.86. The maximum Gasteiger partial charge on any atom is 0.230 e. The summed E-state index contributed by atoms with van der Waals surface area (Å²) in [4.78, 5) is 4.49. The van der Waals surface area contributed by atoms with E-state index in [1.165, 1.54) is 5.56 Å². The van der Waals surface area contributed by atoms with E-state index in [0.717, 1.165) is 17.0 Å². The van der Waals surface area contributed by atoms with Crippen LogP contribution in [0.2, 0.25) is 15.1 Å². The molecule has 4 rings (SSSR count). The van der Waals surface area contributed by atoms with E-state index in [9.17, 15) is 0 Å². The predicted octanol–water partition coefficient (Wildman–Crippen LogP) is 5.97. The topological polar surface area (TPSA) is 38.9 Å². The van der Waals surface area contributed by atoms with Crippen LogP contribution in [0.25, 0.3) is 11.4 Å². The number of halogens is 3. The minimum Gasteiger partial charge on any atom is -0.339 e. The molecule has 0 aliphatic heterocycles. The molecule has 1 aromatic heterocycles. The molecule has 6 heteroatoms. The highest BCUT2D eigenvalue weighted by Gasteiger charge is 2.43. The van der Waals surface area contributed by atoms with E-state index in [2.05, 4.69) is 10.1 Å². The molecule has 1 heterocycles. The van der Waals surface area contributed by atoms with Gasteiger partial charge in [-0.25, -0.2) is 0 Å². The van der Waals surface area contributed by atoms with Crippen molar-refractivity contribution in [1.82, 2.24) is 10.1 Å². The van der Waals surface area contributed by atoms with Gasteiger partial charge in [0.2, 0.25) is 11.7 Å². The van der Waals surface area contributed by atoms with Gasteiger partial charge in [0, 0.05) is 21.5 Å². The van der Waals surface area contributed by atoms with E-state index in [-0.39, 0.29) is 5.92 Å². The quantitative estimate of drug-likeness (QED) is 0.574. The zero-order valence-corrected chi connectivity index (χ0v) is 14.1. The highest BCUT2D eigenvalue weighted by Crippen LogP contribution is 2.54. The van der Waals surface area contributed by atoms with E-state index in [1.807, 2.05) is 24.3 Å². The lowest BCUT2D eigenvalue weighted by Gasteiger charge is -1.99. The van der Waals surface area contributed by atoms with Gasteiger partial charge in [0.15, 0.2) is 0 Å². The van der Waals surface area contributed by atoms with Gasteiger partial charge in [0.1, 0.15) is 0 Å². The third-order valence-electron chi connectivity index (χ3n) is 4.02. The first-order valence-electron chi connectivity index (χ1n) is 7.16. The molecule has 0 spiro atoms. The largest absolute Gasteiger partial charge is 0.339 e. The second-order valence-electron chi connectivity index (χ2n) is 5.58. The van der Waals surface area contributed by atoms with Gasteiger partial charge in [-0.1, -0.05) is 52.1 Å². The van der Waals surface area contributed by atoms with Gasteiger partial charge in [-0.05, 0) is 48.2 Å². The molecule has 0 bridgehead atoms. The normalized spacial score (nSPS) is 19.8. The van der Waals surface area contributed by atoms with E-state index in [1.54, 1.807) is 18.2 Å². The van der Waals surface area contributed by atoms with Crippen molar-refractivity contribution in [2.75, 3.05) is 0 Å². The number of aromatic nitrogens is 2. The average Bonchev–Trinajstić information content (AvgIpc) is 3.18. The molecule has 116 valence electrons. The smallest absolute Gasteiger partial charge is 0.230 e. The minimum atomic E-state index is 0.253. The van der Waals surface area contributed by atoms with Crippen molar-refractivity contribution in [3.8, 4) is 11.4 Å². The van der Waals surface area contributed by atoms with Crippen molar-refractivity contribution in [3.63, 3.8) is 0 Å². The van der Waals surface area contributed by atoms with Crippen LogP contribution in [-0.2, 0) is 0 Å². The Kier molecular flexibility index (Phi) is 3.80. The van der Waals surface area contributed by atoms with Gasteiger partial charge in [0.25, 0.3) is 0 Å². The molecule has 3 nitrogen and oxygen atoms in total. The van der Waals surface area contributed by atoms with Crippen molar-refractivity contribution in [2.45, 2.75) is 18.3 Å². The molecule has 1 aliphatic carbocycles. The van der Waals surface area contributed by atoms with Crippen molar-refractivity contribution in [2.24, 2.45) is 0 Å². The van der Waals surface area contributed by atoms with Gasteiger partial charge in [0.05, 0.1) is 5.02 Å². The van der Waals surface area contributed by atoms with E-state index >= 15 is 0 Å². The van der Waals surface area contributed by atoms with Gasteiger partial charge in [-0.3, -0.25) is 0 Å². The molecule has 1 saturated carbocycles. The highest BCUT2D eigenvalue weighted by atomic mass is 35.5. The van der Waals surface area contributed by atoms with Gasteiger partial charge in [-0.2, -0.15) is 4.98 Å². The van der Waals surface area contributed by atoms with Crippen molar-refractivity contribution >= 4 is 34.8 Å². The molecule has 0 N–H and O–H groups in total. The van der Waals surface area contributed by atoms with Crippen LogP contribution in [-0.4, -0.2) is 10.1 Å². The van der Waals surface area contributed by atoms with E-state index in [0.29, 0.717) is 27.7 Å². The van der Waals surface area contributed by atoms with Crippen LogP contribution < -0.4 is 0 Å². The maximum atomic E-state index is 6.19. The van der Waals surface area contributed by atoms with Crippen molar-refractivity contribution < 1.29 is 4.52 Å². The molecule has 2 atom stereocenters. The lowest BCUT2D eigenvalue weighted by atomic mass is 10.1. The van der Waals surface area contributed by atoms with E-state index < -0.39 is 0 Å². The Hall–Kier alpha value is -1.55.